The van der Waals surface area contributed by atoms with Crippen LogP contribution in [-0.4, -0.2) is 0 Å². The molecule has 0 bridgehead atoms. The molecule has 0 saturated heterocycles. The second kappa shape index (κ2) is 5.37. The number of benzene rings is 1. The summed E-state index contributed by atoms with van der Waals surface area (Å²) in [6.45, 7) is 5.70. The molecule has 0 amide bonds. The van der Waals surface area contributed by atoms with Crippen LogP contribution < -0.4 is 0 Å². The zero-order valence-electron chi connectivity index (χ0n) is 7.69. The minimum Gasteiger partial charge on any atom is -0.207 e. The minimum absolute atomic E-state index is 0.240. The molecule has 1 rings (SSSR count). The highest BCUT2D eigenvalue weighted by molar-refractivity contribution is 5.34. The van der Waals surface area contributed by atoms with Crippen molar-refractivity contribution in [1.82, 2.24) is 0 Å². The molecule has 0 N–H and O–H groups in total. The van der Waals surface area contributed by atoms with Crippen LogP contribution in [0, 0.1) is 25.1 Å². The van der Waals surface area contributed by atoms with Crippen LogP contribution in [0.2, 0.25) is 0 Å². The molecule has 1 aromatic carbocycles. The van der Waals surface area contributed by atoms with Crippen molar-refractivity contribution < 1.29 is 4.39 Å². The Hall–Kier alpha value is -1.29. The highest BCUT2D eigenvalue weighted by atomic mass is 19.1. The van der Waals surface area contributed by atoms with Crippen molar-refractivity contribution >= 4 is 0 Å². The number of aryl methyl sites for hydroxylation is 1. The molecule has 0 atom stereocenters. The lowest BCUT2D eigenvalue weighted by Gasteiger charge is -1.94. The van der Waals surface area contributed by atoms with Gasteiger partial charge < -0.3 is 0 Å². The fourth-order valence-electron chi connectivity index (χ4n) is 0.683. The number of rotatable bonds is 0. The third-order valence-electron chi connectivity index (χ3n) is 1.34. The second-order valence-electron chi connectivity index (χ2n) is 2.11. The highest BCUT2D eigenvalue weighted by Gasteiger charge is 1.95. The quantitative estimate of drug-likeness (QED) is 0.517. The van der Waals surface area contributed by atoms with Gasteiger partial charge in [-0.05, 0) is 24.6 Å². The summed E-state index contributed by atoms with van der Waals surface area (Å²) in [5.74, 6) is 2.11. The Morgan fingerprint density at radius 1 is 1.33 bits per heavy atom. The van der Waals surface area contributed by atoms with E-state index in [4.69, 9.17) is 6.42 Å². The van der Waals surface area contributed by atoms with E-state index in [0.29, 0.717) is 11.1 Å². The van der Waals surface area contributed by atoms with Crippen LogP contribution in [0.15, 0.2) is 18.2 Å². The smallest absolute Gasteiger partial charge is 0.127 e. The monoisotopic (exact) mass is 164 g/mol. The predicted octanol–water partition coefficient (Wildman–Crippen LogP) is 3.14. The molecule has 64 valence electrons. The van der Waals surface area contributed by atoms with Gasteiger partial charge in [0.25, 0.3) is 0 Å². The van der Waals surface area contributed by atoms with Gasteiger partial charge >= 0.3 is 0 Å². The Kier molecular flexibility index (Phi) is 4.79. The zero-order chi connectivity index (χ0) is 9.56. The number of halogens is 1. The Morgan fingerprint density at radius 3 is 2.33 bits per heavy atom. The van der Waals surface area contributed by atoms with Crippen LogP contribution in [0.5, 0.6) is 0 Å². The summed E-state index contributed by atoms with van der Waals surface area (Å²) >= 11 is 0. The lowest BCUT2D eigenvalue weighted by Crippen LogP contribution is -1.82. The topological polar surface area (TPSA) is 0 Å². The van der Waals surface area contributed by atoms with Crippen molar-refractivity contribution in [3.8, 4) is 12.3 Å². The van der Waals surface area contributed by atoms with E-state index >= 15 is 0 Å². The van der Waals surface area contributed by atoms with Gasteiger partial charge in [0.2, 0.25) is 0 Å². The number of terminal acetylenes is 1. The van der Waals surface area contributed by atoms with E-state index in [1.165, 1.54) is 6.07 Å². The molecule has 0 aliphatic carbocycles. The van der Waals surface area contributed by atoms with Gasteiger partial charge in [0.15, 0.2) is 0 Å². The van der Waals surface area contributed by atoms with E-state index in [1.807, 2.05) is 13.8 Å². The Balaban J connectivity index is 0.000000561. The first-order chi connectivity index (χ1) is 5.74. The summed E-state index contributed by atoms with van der Waals surface area (Å²) in [6, 6.07) is 4.75. The number of hydrogen-bond donors (Lipinski definition) is 0. The van der Waals surface area contributed by atoms with Gasteiger partial charge in [-0.25, -0.2) is 4.39 Å². The largest absolute Gasteiger partial charge is 0.207 e. The molecule has 1 heteroatoms. The highest BCUT2D eigenvalue weighted by Crippen LogP contribution is 2.07. The maximum absolute atomic E-state index is 12.7. The maximum Gasteiger partial charge on any atom is 0.127 e. The zero-order valence-corrected chi connectivity index (χ0v) is 7.69. The maximum atomic E-state index is 12.7. The van der Waals surface area contributed by atoms with Crippen LogP contribution in [-0.2, 0) is 0 Å². The molecule has 0 aliphatic rings. The fourth-order valence-corrected chi connectivity index (χ4v) is 0.683. The molecule has 0 nitrogen and oxygen atoms in total. The summed E-state index contributed by atoms with van der Waals surface area (Å²) in [5.41, 5.74) is 1.21. The summed E-state index contributed by atoms with van der Waals surface area (Å²) in [4.78, 5) is 0. The molecular formula is C11H13F. The van der Waals surface area contributed by atoms with Gasteiger partial charge in [0.1, 0.15) is 5.82 Å². The Bertz CT molecular complexity index is 282. The second-order valence-corrected chi connectivity index (χ2v) is 2.11. The van der Waals surface area contributed by atoms with E-state index in [1.54, 1.807) is 19.1 Å². The lowest BCUT2D eigenvalue weighted by atomic mass is 10.1. The molecule has 12 heavy (non-hydrogen) atoms. The van der Waals surface area contributed by atoms with Crippen molar-refractivity contribution in [1.29, 1.82) is 0 Å². The van der Waals surface area contributed by atoms with Crippen molar-refractivity contribution in [2.24, 2.45) is 0 Å². The van der Waals surface area contributed by atoms with Crippen molar-refractivity contribution in [3.63, 3.8) is 0 Å². The van der Waals surface area contributed by atoms with Crippen LogP contribution in [0.4, 0.5) is 4.39 Å². The van der Waals surface area contributed by atoms with Gasteiger partial charge in [-0.3, -0.25) is 0 Å². The number of hydrogen-bond acceptors (Lipinski definition) is 0. The molecule has 0 heterocycles. The van der Waals surface area contributed by atoms with Crippen molar-refractivity contribution in [2.75, 3.05) is 0 Å². The summed E-state index contributed by atoms with van der Waals surface area (Å²) in [5, 5.41) is 0. The predicted molar refractivity (Wildman–Crippen MR) is 50.4 cm³/mol. The first-order valence-corrected chi connectivity index (χ1v) is 3.97. The van der Waals surface area contributed by atoms with E-state index in [2.05, 4.69) is 5.92 Å². The molecule has 0 radical (unpaired) electrons. The lowest BCUT2D eigenvalue weighted by molar-refractivity contribution is 0.618. The van der Waals surface area contributed by atoms with Crippen LogP contribution in [0.3, 0.4) is 0 Å². The standard InChI is InChI=1S/C9H7F.C2H6/c1-3-8-5-4-7(2)9(10)6-8;1-2/h1,4-6H,2H3;1-2H3. The third-order valence-corrected chi connectivity index (χ3v) is 1.34. The van der Waals surface area contributed by atoms with Gasteiger partial charge in [0.05, 0.1) is 0 Å². The van der Waals surface area contributed by atoms with E-state index in [-0.39, 0.29) is 5.82 Å². The Morgan fingerprint density at radius 2 is 1.92 bits per heavy atom. The first-order valence-electron chi connectivity index (χ1n) is 3.97. The van der Waals surface area contributed by atoms with Gasteiger partial charge in [-0.15, -0.1) is 6.42 Å². The average Bonchev–Trinajstić information content (AvgIpc) is 2.13. The SMILES string of the molecule is C#Cc1ccc(C)c(F)c1.CC. The molecule has 0 unspecified atom stereocenters. The molecule has 0 aliphatic heterocycles. The van der Waals surface area contributed by atoms with E-state index in [0.717, 1.165) is 0 Å². The van der Waals surface area contributed by atoms with Gasteiger partial charge in [-0.2, -0.15) is 0 Å². The summed E-state index contributed by atoms with van der Waals surface area (Å²) < 4.78 is 12.7. The van der Waals surface area contributed by atoms with E-state index < -0.39 is 0 Å². The van der Waals surface area contributed by atoms with Gasteiger partial charge in [0, 0.05) is 5.56 Å². The van der Waals surface area contributed by atoms with Crippen LogP contribution in [0.1, 0.15) is 25.0 Å². The molecule has 1 aromatic rings. The normalized spacial score (nSPS) is 7.92. The molecule has 0 aromatic heterocycles. The van der Waals surface area contributed by atoms with Crippen LogP contribution in [0.25, 0.3) is 0 Å². The third kappa shape index (κ3) is 2.75. The first kappa shape index (κ1) is 10.7. The fraction of sp³-hybridized carbons (Fsp3) is 0.273. The van der Waals surface area contributed by atoms with Crippen molar-refractivity contribution in [2.45, 2.75) is 20.8 Å². The van der Waals surface area contributed by atoms with Crippen molar-refractivity contribution in [3.05, 3.63) is 35.1 Å². The van der Waals surface area contributed by atoms with E-state index in [9.17, 15) is 4.39 Å². The molecule has 0 saturated carbocycles. The molecule has 0 spiro atoms. The summed E-state index contributed by atoms with van der Waals surface area (Å²) in [6.07, 6.45) is 5.05. The Labute approximate surface area is 73.4 Å². The molecular weight excluding hydrogens is 151 g/mol. The minimum atomic E-state index is -0.240. The van der Waals surface area contributed by atoms with Gasteiger partial charge in [-0.1, -0.05) is 25.8 Å². The average molecular weight is 164 g/mol. The summed E-state index contributed by atoms with van der Waals surface area (Å²) in [7, 11) is 0. The molecule has 0 fully saturated rings. The van der Waals surface area contributed by atoms with Crippen LogP contribution >= 0.6 is 0 Å².